The largest absolute Gasteiger partial charge is 0.502 e. The smallest absolute Gasteiger partial charge is 0.310 e. The fourth-order valence-corrected chi connectivity index (χ4v) is 3.07. The number of aromatic hydroxyl groups is 1. The summed E-state index contributed by atoms with van der Waals surface area (Å²) in [6.07, 6.45) is 2.84. The number of hydrogen-bond acceptors (Lipinski definition) is 8. The molecular weight excluding hydrogens is 402 g/mol. The third kappa shape index (κ3) is 5.98. The van der Waals surface area contributed by atoms with E-state index >= 15 is 0 Å². The van der Waals surface area contributed by atoms with Gasteiger partial charge < -0.3 is 20.3 Å². The molecule has 166 valence electrons. The van der Waals surface area contributed by atoms with E-state index in [1.54, 1.807) is 6.07 Å². The number of phenols is 1. The molecule has 31 heavy (non-hydrogen) atoms. The Bertz CT molecular complexity index is 973. The molecule has 0 atom stereocenters. The number of imidazole rings is 1. The maximum atomic E-state index is 12.2. The summed E-state index contributed by atoms with van der Waals surface area (Å²) < 4.78 is 0. The third-order valence-corrected chi connectivity index (χ3v) is 4.93. The monoisotopic (exact) mass is 429 g/mol. The molecule has 0 saturated carbocycles. The second kappa shape index (κ2) is 11.0. The second-order valence-electron chi connectivity index (χ2n) is 6.75. The van der Waals surface area contributed by atoms with Gasteiger partial charge in [0.25, 0.3) is 0 Å². The van der Waals surface area contributed by atoms with E-state index in [0.717, 1.165) is 0 Å². The zero-order chi connectivity index (χ0) is 23.0. The first kappa shape index (κ1) is 23.7. The lowest BCUT2D eigenvalue weighted by Crippen LogP contribution is -2.28. The van der Waals surface area contributed by atoms with Crippen LogP contribution in [0.2, 0.25) is 0 Å². The molecule has 10 heteroatoms. The number of carbonyl (C=O) groups is 2. The second-order valence-corrected chi connectivity index (χ2v) is 6.75. The van der Waals surface area contributed by atoms with Crippen LogP contribution < -0.4 is 5.32 Å². The fourth-order valence-electron chi connectivity index (χ4n) is 3.07. The van der Waals surface area contributed by atoms with E-state index in [4.69, 9.17) is 0 Å². The van der Waals surface area contributed by atoms with Crippen LogP contribution in [0.5, 0.6) is 5.75 Å². The maximum absolute atomic E-state index is 12.2. The van der Waals surface area contributed by atoms with E-state index in [2.05, 4.69) is 41.0 Å². The van der Waals surface area contributed by atoms with Crippen molar-refractivity contribution in [2.24, 2.45) is 0 Å². The van der Waals surface area contributed by atoms with Gasteiger partial charge in [0.1, 0.15) is 11.4 Å². The number of Topliss-reactive ketones (excluding diaryl/α,β-unsaturated/α-hetero) is 1. The van der Waals surface area contributed by atoms with Crippen LogP contribution in [0.15, 0.2) is 36.3 Å². The topological polar surface area (TPSA) is 141 Å². The number of fused-ring (bicyclic) bond motifs is 1. The van der Waals surface area contributed by atoms with Gasteiger partial charge in [-0.15, -0.1) is 0 Å². The molecule has 10 nitrogen and oxygen atoms in total. The maximum Gasteiger partial charge on any atom is 0.310 e. The summed E-state index contributed by atoms with van der Waals surface area (Å²) in [5, 5.41) is 23.1. The number of rotatable bonds is 8. The summed E-state index contributed by atoms with van der Waals surface area (Å²) in [5.41, 5.74) is 0.622. The van der Waals surface area contributed by atoms with E-state index < -0.39 is 10.7 Å². The molecule has 0 spiro atoms. The Hall–Kier alpha value is -3.53. The predicted molar refractivity (Wildman–Crippen MR) is 115 cm³/mol. The minimum atomic E-state index is -0.669. The number of ketones is 2. The van der Waals surface area contributed by atoms with Crippen molar-refractivity contribution in [2.45, 2.75) is 27.2 Å². The van der Waals surface area contributed by atoms with Gasteiger partial charge in [0.05, 0.1) is 16.9 Å². The summed E-state index contributed by atoms with van der Waals surface area (Å²) in [6, 6.07) is 4.07. The highest BCUT2D eigenvalue weighted by atomic mass is 16.6. The van der Waals surface area contributed by atoms with Crippen LogP contribution >= 0.6 is 0 Å². The van der Waals surface area contributed by atoms with Crippen molar-refractivity contribution in [3.63, 3.8) is 0 Å². The summed E-state index contributed by atoms with van der Waals surface area (Å²) in [6.45, 7) is 10.4. The molecule has 1 aliphatic rings. The first-order valence-corrected chi connectivity index (χ1v) is 10.1. The summed E-state index contributed by atoms with van der Waals surface area (Å²) in [4.78, 5) is 43.0. The number of aromatic amines is 1. The average molecular weight is 429 g/mol. The summed E-state index contributed by atoms with van der Waals surface area (Å²) >= 11 is 0. The van der Waals surface area contributed by atoms with Crippen molar-refractivity contribution in [1.29, 1.82) is 0 Å². The van der Waals surface area contributed by atoms with Crippen LogP contribution in [0, 0.1) is 10.1 Å². The number of phenolic OH excluding ortho intramolecular Hbond substituents is 1. The lowest BCUT2D eigenvalue weighted by Gasteiger charge is -2.13. The van der Waals surface area contributed by atoms with E-state index in [1.165, 1.54) is 44.2 Å². The molecule has 0 aliphatic heterocycles. The van der Waals surface area contributed by atoms with Gasteiger partial charge in [-0.05, 0) is 37.7 Å². The van der Waals surface area contributed by atoms with Crippen molar-refractivity contribution >= 4 is 17.3 Å². The Morgan fingerprint density at radius 1 is 1.19 bits per heavy atom. The quantitative estimate of drug-likeness (QED) is 0.429. The van der Waals surface area contributed by atoms with Gasteiger partial charge in [0, 0.05) is 18.7 Å². The van der Waals surface area contributed by atoms with Gasteiger partial charge in [-0.3, -0.25) is 19.7 Å². The summed E-state index contributed by atoms with van der Waals surface area (Å²) in [7, 11) is 0. The molecule has 1 aromatic heterocycles. The number of nitro benzene ring substituents is 1. The van der Waals surface area contributed by atoms with Crippen LogP contribution in [0.25, 0.3) is 0 Å². The highest BCUT2D eigenvalue weighted by Crippen LogP contribution is 2.26. The molecule has 0 fully saturated rings. The van der Waals surface area contributed by atoms with Gasteiger partial charge in [-0.1, -0.05) is 26.8 Å². The minimum Gasteiger partial charge on any atom is -0.502 e. The Balaban J connectivity index is 0.000000423. The Kier molecular flexibility index (Phi) is 8.44. The number of H-pyrrole nitrogens is 1. The first-order valence-electron chi connectivity index (χ1n) is 10.1. The number of aromatic nitrogens is 2. The Labute approximate surface area is 180 Å². The predicted octanol–water partition coefficient (Wildman–Crippen LogP) is 2.47. The van der Waals surface area contributed by atoms with E-state index in [9.17, 15) is 24.8 Å². The lowest BCUT2D eigenvalue weighted by atomic mass is 10.0. The van der Waals surface area contributed by atoms with E-state index in [-0.39, 0.29) is 40.9 Å². The van der Waals surface area contributed by atoms with Gasteiger partial charge in [0.15, 0.2) is 5.75 Å². The Morgan fingerprint density at radius 2 is 1.87 bits per heavy atom. The highest BCUT2D eigenvalue weighted by Gasteiger charge is 2.27. The standard InChI is InChI=1S/C15H12N4O5.C6H15N/c20-11-2-1-8(5-10(11)19(23)24)3-4-16-9-6-12(21)13-14(15(9)22)18-7-17-13;1-4-7(5-2)6-3/h1-2,5-7,16,20H,3-4H2,(H,17,18);4-6H2,1-3H3. The van der Waals surface area contributed by atoms with Crippen LogP contribution in [0.1, 0.15) is 47.3 Å². The molecule has 0 amide bonds. The molecule has 1 heterocycles. The van der Waals surface area contributed by atoms with E-state index in [1.807, 2.05) is 0 Å². The average Bonchev–Trinajstić information content (AvgIpc) is 3.25. The molecule has 3 N–H and O–H groups in total. The van der Waals surface area contributed by atoms with Crippen LogP contribution in [-0.2, 0) is 6.42 Å². The van der Waals surface area contributed by atoms with Crippen molar-refractivity contribution in [3.05, 3.63) is 63.4 Å². The van der Waals surface area contributed by atoms with Crippen LogP contribution in [0.3, 0.4) is 0 Å². The zero-order valence-electron chi connectivity index (χ0n) is 17.8. The van der Waals surface area contributed by atoms with Gasteiger partial charge in [0.2, 0.25) is 11.6 Å². The van der Waals surface area contributed by atoms with Crippen molar-refractivity contribution < 1.29 is 19.6 Å². The third-order valence-electron chi connectivity index (χ3n) is 4.93. The number of benzene rings is 1. The van der Waals surface area contributed by atoms with Gasteiger partial charge in [-0.25, -0.2) is 4.98 Å². The van der Waals surface area contributed by atoms with Crippen LogP contribution in [0.4, 0.5) is 5.69 Å². The molecule has 0 saturated heterocycles. The number of hydrogen-bond donors (Lipinski definition) is 3. The fraction of sp³-hybridized carbons (Fsp3) is 0.381. The first-order chi connectivity index (χ1) is 14.8. The van der Waals surface area contributed by atoms with Crippen LogP contribution in [-0.4, -0.2) is 62.6 Å². The van der Waals surface area contributed by atoms with Gasteiger partial charge in [-0.2, -0.15) is 0 Å². The number of nitrogens with one attached hydrogen (secondary N) is 2. The van der Waals surface area contributed by atoms with Crippen molar-refractivity contribution in [3.8, 4) is 5.75 Å². The van der Waals surface area contributed by atoms with Gasteiger partial charge >= 0.3 is 5.69 Å². The zero-order valence-corrected chi connectivity index (χ0v) is 17.8. The summed E-state index contributed by atoms with van der Waals surface area (Å²) in [5.74, 6) is -1.13. The molecular formula is C21H27N5O5. The number of nitro groups is 1. The van der Waals surface area contributed by atoms with E-state index in [0.29, 0.717) is 12.0 Å². The minimum absolute atomic E-state index is 0.0970. The number of allylic oxidation sites excluding steroid dienone is 2. The normalized spacial score (nSPS) is 12.7. The number of nitrogens with zero attached hydrogens (tertiary/aromatic N) is 3. The molecule has 1 aromatic carbocycles. The molecule has 1 aliphatic carbocycles. The molecule has 2 aromatic rings. The molecule has 0 unspecified atom stereocenters. The van der Waals surface area contributed by atoms with Crippen molar-refractivity contribution in [1.82, 2.24) is 20.2 Å². The molecule has 3 rings (SSSR count). The SMILES string of the molecule is CCN(CC)CC.O=C1C=C(NCCc2ccc(O)c([N+](=O)[O-])c2)C(=O)c2[nH]cnc21. The molecule has 0 radical (unpaired) electrons. The number of carbonyl (C=O) groups excluding carboxylic acids is 2. The van der Waals surface area contributed by atoms with Crippen molar-refractivity contribution in [2.75, 3.05) is 26.2 Å². The lowest BCUT2D eigenvalue weighted by molar-refractivity contribution is -0.385. The Morgan fingerprint density at radius 3 is 2.45 bits per heavy atom. The molecule has 0 bridgehead atoms. The highest BCUT2D eigenvalue weighted by molar-refractivity contribution is 6.22.